The van der Waals surface area contributed by atoms with Gasteiger partial charge >= 0.3 is 5.97 Å². The quantitative estimate of drug-likeness (QED) is 0.461. The minimum Gasteiger partial charge on any atom is -0.457 e. The lowest BCUT2D eigenvalue weighted by Gasteiger charge is -2.16. The van der Waals surface area contributed by atoms with Gasteiger partial charge in [0.2, 0.25) is 5.91 Å². The minimum atomic E-state index is -0.424. The molecule has 0 aliphatic rings. The second kappa shape index (κ2) is 11.9. The van der Waals surface area contributed by atoms with Gasteiger partial charge in [-0.3, -0.25) is 9.59 Å². The maximum absolute atomic E-state index is 12.9. The van der Waals surface area contributed by atoms with Gasteiger partial charge in [-0.2, -0.15) is 0 Å². The lowest BCUT2D eigenvalue weighted by atomic mass is 10.00. The minimum absolute atomic E-state index is 0.0192. The third-order valence-electron chi connectivity index (χ3n) is 4.78. The van der Waals surface area contributed by atoms with Crippen LogP contribution < -0.4 is 5.32 Å². The SMILES string of the molecule is CC(=O)SCC(Cc1ccccc1)C(=O)Nc1ccc(C(=O)OCc2ccccc2)cc1. The molecule has 5 nitrogen and oxygen atoms in total. The van der Waals surface area contributed by atoms with Crippen LogP contribution in [-0.4, -0.2) is 22.7 Å². The van der Waals surface area contributed by atoms with E-state index in [4.69, 9.17) is 4.74 Å². The molecule has 6 heteroatoms. The first-order valence-electron chi connectivity index (χ1n) is 10.3. The number of carbonyl (C=O) groups is 3. The number of benzene rings is 3. The van der Waals surface area contributed by atoms with E-state index in [0.717, 1.165) is 22.9 Å². The number of amides is 1. The molecule has 1 unspecified atom stereocenters. The predicted octanol–water partition coefficient (Wildman–Crippen LogP) is 5.12. The van der Waals surface area contributed by atoms with Gasteiger partial charge in [0, 0.05) is 18.4 Å². The molecule has 32 heavy (non-hydrogen) atoms. The van der Waals surface area contributed by atoms with Crippen molar-refractivity contribution >= 4 is 34.4 Å². The van der Waals surface area contributed by atoms with Crippen molar-refractivity contribution in [2.24, 2.45) is 5.92 Å². The van der Waals surface area contributed by atoms with Gasteiger partial charge in [-0.25, -0.2) is 4.79 Å². The normalized spacial score (nSPS) is 11.4. The van der Waals surface area contributed by atoms with Crippen molar-refractivity contribution in [1.82, 2.24) is 0 Å². The molecule has 0 saturated heterocycles. The van der Waals surface area contributed by atoms with Crippen LogP contribution in [0.1, 0.15) is 28.4 Å². The predicted molar refractivity (Wildman–Crippen MR) is 127 cm³/mol. The van der Waals surface area contributed by atoms with E-state index in [1.165, 1.54) is 6.92 Å². The first-order valence-corrected chi connectivity index (χ1v) is 11.3. The third-order valence-corrected chi connectivity index (χ3v) is 5.76. The van der Waals surface area contributed by atoms with E-state index in [9.17, 15) is 14.4 Å². The fraction of sp³-hybridized carbons (Fsp3) is 0.192. The monoisotopic (exact) mass is 447 g/mol. The van der Waals surface area contributed by atoms with Gasteiger partial charge in [-0.1, -0.05) is 72.4 Å². The summed E-state index contributed by atoms with van der Waals surface area (Å²) in [5, 5.41) is 2.88. The molecular formula is C26H25NO4S. The maximum atomic E-state index is 12.9. The molecule has 1 amide bonds. The zero-order valence-corrected chi connectivity index (χ0v) is 18.6. The summed E-state index contributed by atoms with van der Waals surface area (Å²) in [7, 11) is 0. The number of thioether (sulfide) groups is 1. The lowest BCUT2D eigenvalue weighted by Crippen LogP contribution is -2.27. The highest BCUT2D eigenvalue weighted by atomic mass is 32.2. The Labute approximate surface area is 192 Å². The Bertz CT molecular complexity index is 1040. The Morgan fingerprint density at radius 1 is 0.844 bits per heavy atom. The van der Waals surface area contributed by atoms with Crippen molar-refractivity contribution < 1.29 is 19.1 Å². The average Bonchev–Trinajstić information content (AvgIpc) is 2.82. The molecule has 3 aromatic rings. The number of nitrogens with one attached hydrogen (secondary N) is 1. The standard InChI is InChI=1S/C26H25NO4S/c1-19(28)32-18-23(16-20-8-4-2-5-9-20)25(29)27-24-14-12-22(13-15-24)26(30)31-17-21-10-6-3-7-11-21/h2-15,23H,16-18H2,1H3,(H,27,29). The van der Waals surface area contributed by atoms with Crippen molar-refractivity contribution in [3.05, 3.63) is 102 Å². The molecule has 3 rings (SSSR count). The molecule has 0 spiro atoms. The molecule has 0 radical (unpaired) electrons. The molecule has 0 aliphatic carbocycles. The number of esters is 1. The molecule has 1 N–H and O–H groups in total. The molecule has 1 atom stereocenters. The Morgan fingerprint density at radius 3 is 2.03 bits per heavy atom. The Hall–Kier alpha value is -3.38. The molecule has 0 aliphatic heterocycles. The number of hydrogen-bond acceptors (Lipinski definition) is 5. The summed E-state index contributed by atoms with van der Waals surface area (Å²) in [4.78, 5) is 36.6. The van der Waals surface area contributed by atoms with Crippen LogP contribution >= 0.6 is 11.8 Å². The summed E-state index contributed by atoms with van der Waals surface area (Å²) < 4.78 is 5.33. The van der Waals surface area contributed by atoms with E-state index < -0.39 is 5.97 Å². The van der Waals surface area contributed by atoms with Gasteiger partial charge in [-0.05, 0) is 41.8 Å². The number of hydrogen-bond donors (Lipinski definition) is 1. The fourth-order valence-electron chi connectivity index (χ4n) is 3.08. The number of anilines is 1. The zero-order valence-electron chi connectivity index (χ0n) is 17.8. The molecule has 164 valence electrons. The average molecular weight is 448 g/mol. The number of rotatable bonds is 9. The number of ether oxygens (including phenoxy) is 1. The summed E-state index contributed by atoms with van der Waals surface area (Å²) in [5.41, 5.74) is 2.94. The van der Waals surface area contributed by atoms with Crippen molar-refractivity contribution in [3.8, 4) is 0 Å². The second-order valence-electron chi connectivity index (χ2n) is 7.32. The van der Waals surface area contributed by atoms with Crippen LogP contribution in [-0.2, 0) is 27.4 Å². The molecule has 0 aromatic heterocycles. The van der Waals surface area contributed by atoms with Crippen LogP contribution in [0.15, 0.2) is 84.9 Å². The van der Waals surface area contributed by atoms with Crippen LogP contribution in [0.3, 0.4) is 0 Å². The van der Waals surface area contributed by atoms with Crippen molar-refractivity contribution in [1.29, 1.82) is 0 Å². The zero-order chi connectivity index (χ0) is 22.8. The Morgan fingerprint density at radius 2 is 1.44 bits per heavy atom. The number of carbonyl (C=O) groups excluding carboxylic acids is 3. The van der Waals surface area contributed by atoms with Crippen molar-refractivity contribution in [2.75, 3.05) is 11.1 Å². The largest absolute Gasteiger partial charge is 0.457 e. The maximum Gasteiger partial charge on any atom is 0.338 e. The highest BCUT2D eigenvalue weighted by Gasteiger charge is 2.20. The van der Waals surface area contributed by atoms with E-state index in [2.05, 4.69) is 5.32 Å². The van der Waals surface area contributed by atoms with Crippen molar-refractivity contribution in [3.63, 3.8) is 0 Å². The molecular weight excluding hydrogens is 422 g/mol. The Balaban J connectivity index is 1.59. The van der Waals surface area contributed by atoms with Crippen LogP contribution in [0.2, 0.25) is 0 Å². The van der Waals surface area contributed by atoms with Gasteiger partial charge in [0.15, 0.2) is 5.12 Å². The summed E-state index contributed by atoms with van der Waals surface area (Å²) in [6, 6.07) is 25.8. The van der Waals surface area contributed by atoms with E-state index in [-0.39, 0.29) is 23.5 Å². The molecule has 0 fully saturated rings. The van der Waals surface area contributed by atoms with E-state index in [0.29, 0.717) is 23.4 Å². The van der Waals surface area contributed by atoms with E-state index in [1.807, 2.05) is 60.7 Å². The summed E-state index contributed by atoms with van der Waals surface area (Å²) in [6.07, 6.45) is 0.539. The fourth-order valence-corrected chi connectivity index (χ4v) is 3.79. The molecule has 0 heterocycles. The topological polar surface area (TPSA) is 72.5 Å². The van der Waals surface area contributed by atoms with Crippen LogP contribution in [0, 0.1) is 5.92 Å². The van der Waals surface area contributed by atoms with E-state index in [1.54, 1.807) is 24.3 Å². The molecule has 0 bridgehead atoms. The summed E-state index contributed by atoms with van der Waals surface area (Å²) in [5.74, 6) is -0.546. The Kier molecular flexibility index (Phi) is 8.63. The van der Waals surface area contributed by atoms with Gasteiger partial charge < -0.3 is 10.1 Å². The van der Waals surface area contributed by atoms with Crippen molar-refractivity contribution in [2.45, 2.75) is 20.0 Å². The van der Waals surface area contributed by atoms with Gasteiger partial charge in [-0.15, -0.1) is 0 Å². The summed E-state index contributed by atoms with van der Waals surface area (Å²) in [6.45, 7) is 1.70. The first kappa shape index (κ1) is 23.3. The highest BCUT2D eigenvalue weighted by Crippen LogP contribution is 2.19. The van der Waals surface area contributed by atoms with Crippen LogP contribution in [0.4, 0.5) is 5.69 Å². The highest BCUT2D eigenvalue weighted by molar-refractivity contribution is 8.13. The van der Waals surface area contributed by atoms with Crippen LogP contribution in [0.5, 0.6) is 0 Å². The second-order valence-corrected chi connectivity index (χ2v) is 8.51. The third kappa shape index (κ3) is 7.39. The van der Waals surface area contributed by atoms with E-state index >= 15 is 0 Å². The molecule has 3 aromatic carbocycles. The van der Waals surface area contributed by atoms with Gasteiger partial charge in [0.05, 0.1) is 11.5 Å². The van der Waals surface area contributed by atoms with Gasteiger partial charge in [0.25, 0.3) is 0 Å². The first-order chi connectivity index (χ1) is 15.5. The summed E-state index contributed by atoms with van der Waals surface area (Å²) >= 11 is 1.15. The lowest BCUT2D eigenvalue weighted by molar-refractivity contribution is -0.119. The smallest absolute Gasteiger partial charge is 0.338 e. The molecule has 0 saturated carbocycles. The van der Waals surface area contributed by atoms with Crippen LogP contribution in [0.25, 0.3) is 0 Å². The van der Waals surface area contributed by atoms with Gasteiger partial charge in [0.1, 0.15) is 6.61 Å².